The molecule has 1 aromatic heterocycles. The Bertz CT molecular complexity index is 442. The van der Waals surface area contributed by atoms with E-state index in [1.54, 1.807) is 4.68 Å². The van der Waals surface area contributed by atoms with E-state index in [0.717, 1.165) is 25.1 Å². The summed E-state index contributed by atoms with van der Waals surface area (Å²) in [4.78, 5) is 15.0. The number of aryl methyl sites for hydroxylation is 2. The highest BCUT2D eigenvalue weighted by Gasteiger charge is 2.33. The van der Waals surface area contributed by atoms with E-state index in [9.17, 15) is 4.79 Å². The molecule has 0 aromatic carbocycles. The predicted octanol–water partition coefficient (Wildman–Crippen LogP) is 2.58. The molecule has 2 rings (SSSR count). The molecule has 0 bridgehead atoms. The lowest BCUT2D eigenvalue weighted by molar-refractivity contribution is -0.129. The van der Waals surface area contributed by atoms with Crippen LogP contribution >= 0.6 is 0 Å². The van der Waals surface area contributed by atoms with E-state index in [4.69, 9.17) is 0 Å². The second-order valence-corrected chi connectivity index (χ2v) is 6.41. The van der Waals surface area contributed by atoms with Crippen molar-refractivity contribution in [3.63, 3.8) is 0 Å². The van der Waals surface area contributed by atoms with Gasteiger partial charge in [-0.2, -0.15) is 5.10 Å². The molecule has 4 heteroatoms. The molecule has 1 saturated heterocycles. The molecule has 0 spiro atoms. The van der Waals surface area contributed by atoms with Gasteiger partial charge in [-0.1, -0.05) is 12.8 Å². The lowest BCUT2D eigenvalue weighted by Gasteiger charge is -2.36. The molecule has 0 saturated carbocycles. The van der Waals surface area contributed by atoms with Crippen LogP contribution in [0.4, 0.5) is 0 Å². The summed E-state index contributed by atoms with van der Waals surface area (Å²) in [5, 5.41) is 4.15. The van der Waals surface area contributed by atoms with E-state index in [2.05, 4.69) is 23.8 Å². The van der Waals surface area contributed by atoms with Gasteiger partial charge in [0.05, 0.1) is 11.7 Å². The van der Waals surface area contributed by atoms with Crippen molar-refractivity contribution >= 4 is 5.78 Å². The largest absolute Gasteiger partial charge is 0.298 e. The number of nitrogens with zero attached hydrogens (tertiary/aromatic N) is 3. The first-order valence-electron chi connectivity index (χ1n) is 7.76. The highest BCUT2D eigenvalue weighted by Crippen LogP contribution is 2.23. The van der Waals surface area contributed by atoms with Gasteiger partial charge in [-0.3, -0.25) is 14.4 Å². The van der Waals surface area contributed by atoms with Crippen molar-refractivity contribution in [3.05, 3.63) is 18.0 Å². The Morgan fingerprint density at radius 1 is 1.25 bits per heavy atom. The van der Waals surface area contributed by atoms with Crippen LogP contribution in [0.25, 0.3) is 0 Å². The number of hydrogen-bond donors (Lipinski definition) is 0. The summed E-state index contributed by atoms with van der Waals surface area (Å²) in [5.74, 6) is 0.350. The van der Waals surface area contributed by atoms with Crippen molar-refractivity contribution in [1.82, 2.24) is 14.7 Å². The Kier molecular flexibility index (Phi) is 4.97. The second-order valence-electron chi connectivity index (χ2n) is 6.41. The summed E-state index contributed by atoms with van der Waals surface area (Å²) in [5.41, 5.74) is 0.819. The maximum atomic E-state index is 12.6. The quantitative estimate of drug-likeness (QED) is 0.830. The first kappa shape index (κ1) is 15.2. The monoisotopic (exact) mass is 277 g/mol. The number of ketones is 1. The Balaban J connectivity index is 1.91. The maximum Gasteiger partial charge on any atom is 0.152 e. The molecule has 1 fully saturated rings. The molecule has 0 aliphatic carbocycles. The van der Waals surface area contributed by atoms with Gasteiger partial charge in [-0.15, -0.1) is 0 Å². The molecule has 0 unspecified atom stereocenters. The van der Waals surface area contributed by atoms with Crippen LogP contribution in [0.15, 0.2) is 12.4 Å². The molecule has 1 aromatic rings. The Morgan fingerprint density at radius 2 is 1.90 bits per heavy atom. The van der Waals surface area contributed by atoms with Gasteiger partial charge >= 0.3 is 0 Å². The highest BCUT2D eigenvalue weighted by atomic mass is 16.1. The van der Waals surface area contributed by atoms with Crippen molar-refractivity contribution in [2.45, 2.75) is 57.9 Å². The number of carbonyl (C=O) groups is 1. The zero-order chi connectivity index (χ0) is 14.6. The maximum absolute atomic E-state index is 12.6. The SMILES string of the molecule is Cn1cc(CCC(=O)C(C)(C)N2CCCCCC2)cn1. The molecule has 4 nitrogen and oxygen atoms in total. The van der Waals surface area contributed by atoms with Gasteiger partial charge in [-0.25, -0.2) is 0 Å². The van der Waals surface area contributed by atoms with Crippen LogP contribution < -0.4 is 0 Å². The Hall–Kier alpha value is -1.16. The second kappa shape index (κ2) is 6.53. The molecule has 1 aliphatic heterocycles. The van der Waals surface area contributed by atoms with E-state index >= 15 is 0 Å². The summed E-state index contributed by atoms with van der Waals surface area (Å²) in [7, 11) is 1.91. The molecule has 0 radical (unpaired) electrons. The average molecular weight is 277 g/mol. The summed E-state index contributed by atoms with van der Waals surface area (Å²) in [6.07, 6.45) is 10.3. The summed E-state index contributed by atoms with van der Waals surface area (Å²) < 4.78 is 1.79. The molecule has 0 N–H and O–H groups in total. The van der Waals surface area contributed by atoms with E-state index < -0.39 is 0 Å². The molecule has 0 atom stereocenters. The van der Waals surface area contributed by atoms with Crippen molar-refractivity contribution in [1.29, 1.82) is 0 Å². The third-order valence-electron chi connectivity index (χ3n) is 4.48. The van der Waals surface area contributed by atoms with Crippen LogP contribution in [0.5, 0.6) is 0 Å². The third kappa shape index (κ3) is 3.69. The van der Waals surface area contributed by atoms with Crippen molar-refractivity contribution < 1.29 is 4.79 Å². The number of hydrogen-bond acceptors (Lipinski definition) is 3. The fourth-order valence-corrected chi connectivity index (χ4v) is 2.97. The van der Waals surface area contributed by atoms with E-state index in [1.807, 2.05) is 19.4 Å². The van der Waals surface area contributed by atoms with E-state index in [0.29, 0.717) is 12.2 Å². The zero-order valence-electron chi connectivity index (χ0n) is 13.1. The number of likely N-dealkylation sites (tertiary alicyclic amines) is 1. The highest BCUT2D eigenvalue weighted by molar-refractivity contribution is 5.87. The smallest absolute Gasteiger partial charge is 0.152 e. The van der Waals surface area contributed by atoms with Gasteiger partial charge in [0.15, 0.2) is 5.78 Å². The van der Waals surface area contributed by atoms with Crippen LogP contribution in [-0.2, 0) is 18.3 Å². The van der Waals surface area contributed by atoms with Crippen LogP contribution in [0.2, 0.25) is 0 Å². The summed E-state index contributed by atoms with van der Waals surface area (Å²) in [6, 6.07) is 0. The predicted molar refractivity (Wildman–Crippen MR) is 80.7 cm³/mol. The fourth-order valence-electron chi connectivity index (χ4n) is 2.97. The molecule has 2 heterocycles. The van der Waals surface area contributed by atoms with Crippen molar-refractivity contribution in [2.75, 3.05) is 13.1 Å². The molecule has 0 amide bonds. The van der Waals surface area contributed by atoms with Gasteiger partial charge < -0.3 is 0 Å². The lowest BCUT2D eigenvalue weighted by atomic mass is 9.92. The topological polar surface area (TPSA) is 38.1 Å². The molecule has 112 valence electrons. The van der Waals surface area contributed by atoms with Crippen molar-refractivity contribution in [2.24, 2.45) is 7.05 Å². The molecular weight excluding hydrogens is 250 g/mol. The fraction of sp³-hybridized carbons (Fsp3) is 0.750. The Morgan fingerprint density at radius 3 is 2.45 bits per heavy atom. The number of aromatic nitrogens is 2. The first-order chi connectivity index (χ1) is 9.50. The number of carbonyl (C=O) groups excluding carboxylic acids is 1. The minimum Gasteiger partial charge on any atom is -0.298 e. The Labute approximate surface area is 122 Å². The average Bonchev–Trinajstić information content (AvgIpc) is 2.68. The van der Waals surface area contributed by atoms with Gasteiger partial charge in [-0.05, 0) is 51.8 Å². The van der Waals surface area contributed by atoms with Crippen LogP contribution in [-0.4, -0.2) is 39.1 Å². The normalized spacial score (nSPS) is 17.9. The number of rotatable bonds is 5. The minimum absolute atomic E-state index is 0.327. The summed E-state index contributed by atoms with van der Waals surface area (Å²) >= 11 is 0. The third-order valence-corrected chi connectivity index (χ3v) is 4.48. The van der Waals surface area contributed by atoms with Crippen LogP contribution in [0, 0.1) is 0 Å². The van der Waals surface area contributed by atoms with E-state index in [1.165, 1.54) is 25.7 Å². The molecule has 20 heavy (non-hydrogen) atoms. The van der Waals surface area contributed by atoms with Gasteiger partial charge in [0.25, 0.3) is 0 Å². The molecule has 1 aliphatic rings. The number of Topliss-reactive ketones (excluding diaryl/α,β-unsaturated/α-hetero) is 1. The first-order valence-corrected chi connectivity index (χ1v) is 7.76. The standard InChI is InChI=1S/C16H27N3O/c1-16(2,19-10-6-4-5-7-11-19)15(20)9-8-14-12-17-18(3)13-14/h12-13H,4-11H2,1-3H3. The summed E-state index contributed by atoms with van der Waals surface area (Å²) in [6.45, 7) is 6.30. The minimum atomic E-state index is -0.327. The van der Waals surface area contributed by atoms with E-state index in [-0.39, 0.29) is 5.54 Å². The van der Waals surface area contributed by atoms with Gasteiger partial charge in [0.1, 0.15) is 0 Å². The van der Waals surface area contributed by atoms with Crippen molar-refractivity contribution in [3.8, 4) is 0 Å². The van der Waals surface area contributed by atoms with Gasteiger partial charge in [0.2, 0.25) is 0 Å². The van der Waals surface area contributed by atoms with Crippen LogP contribution in [0.3, 0.4) is 0 Å². The lowest BCUT2D eigenvalue weighted by Crippen LogP contribution is -2.50. The molecular formula is C16H27N3O. The van der Waals surface area contributed by atoms with Crippen LogP contribution in [0.1, 0.15) is 51.5 Å². The van der Waals surface area contributed by atoms with Gasteiger partial charge in [0, 0.05) is 19.7 Å². The zero-order valence-corrected chi connectivity index (χ0v) is 13.1.